The number of amides is 1. The van der Waals surface area contributed by atoms with Gasteiger partial charge in [0.15, 0.2) is 0 Å². The predicted molar refractivity (Wildman–Crippen MR) is 115 cm³/mol. The summed E-state index contributed by atoms with van der Waals surface area (Å²) in [6, 6.07) is 15.6. The Bertz CT molecular complexity index is 1160. The van der Waals surface area contributed by atoms with E-state index in [0.29, 0.717) is 34.8 Å². The van der Waals surface area contributed by atoms with Crippen LogP contribution in [0.4, 0.5) is 11.4 Å². The largest absolute Gasteiger partial charge is 0.497 e. The van der Waals surface area contributed by atoms with Crippen LogP contribution in [0.1, 0.15) is 21.5 Å². The number of benzene rings is 2. The molecule has 7 nitrogen and oxygen atoms in total. The highest BCUT2D eigenvalue weighted by Gasteiger charge is 2.26. The summed E-state index contributed by atoms with van der Waals surface area (Å²) < 4.78 is 33.0. The number of nitrogens with zero attached hydrogens (tertiary/aromatic N) is 2. The average molecular weight is 423 g/mol. The molecule has 1 amide bonds. The smallest absolute Gasteiger partial charge is 0.259 e. The average Bonchev–Trinajstić information content (AvgIpc) is 3.17. The molecule has 0 spiro atoms. The van der Waals surface area contributed by atoms with E-state index in [9.17, 15) is 13.2 Å². The molecule has 8 heteroatoms. The number of sulfonamides is 1. The molecule has 30 heavy (non-hydrogen) atoms. The fourth-order valence-corrected chi connectivity index (χ4v) is 4.65. The van der Waals surface area contributed by atoms with Gasteiger partial charge in [0.1, 0.15) is 5.75 Å². The second kappa shape index (κ2) is 8.16. The molecule has 1 aliphatic heterocycles. The van der Waals surface area contributed by atoms with Crippen molar-refractivity contribution in [3.8, 4) is 5.75 Å². The van der Waals surface area contributed by atoms with Gasteiger partial charge in [-0.25, -0.2) is 8.42 Å². The van der Waals surface area contributed by atoms with Gasteiger partial charge in [0.05, 0.1) is 24.1 Å². The molecule has 1 aromatic heterocycles. The number of carbonyl (C=O) groups excluding carboxylic acids is 1. The summed E-state index contributed by atoms with van der Waals surface area (Å²) in [7, 11) is -2.06. The van der Waals surface area contributed by atoms with E-state index >= 15 is 0 Å². The van der Waals surface area contributed by atoms with Crippen LogP contribution in [0.15, 0.2) is 67.0 Å². The van der Waals surface area contributed by atoms with Gasteiger partial charge in [-0.3, -0.25) is 14.5 Å². The summed E-state index contributed by atoms with van der Waals surface area (Å²) in [4.78, 5) is 18.5. The molecule has 0 fully saturated rings. The molecule has 0 saturated heterocycles. The van der Waals surface area contributed by atoms with E-state index in [1.54, 1.807) is 66.7 Å². The van der Waals surface area contributed by atoms with Gasteiger partial charge in [0.2, 0.25) is 10.0 Å². The van der Waals surface area contributed by atoms with E-state index in [2.05, 4.69) is 9.71 Å². The molecule has 1 N–H and O–H groups in total. The molecule has 2 aromatic carbocycles. The SMILES string of the molecule is COc1ccc(CS(=O)(=O)Nc2ccc3c(c2)N(C(=O)c2cccnc2)CC3)cc1. The van der Waals surface area contributed by atoms with Crippen LogP contribution in [-0.2, 0) is 22.2 Å². The number of hydrogen-bond donors (Lipinski definition) is 1. The maximum atomic E-state index is 12.8. The third kappa shape index (κ3) is 4.28. The van der Waals surface area contributed by atoms with Crippen molar-refractivity contribution in [1.29, 1.82) is 0 Å². The lowest BCUT2D eigenvalue weighted by Crippen LogP contribution is -2.29. The first-order valence-electron chi connectivity index (χ1n) is 9.43. The Kier molecular flexibility index (Phi) is 5.41. The molecule has 4 rings (SSSR count). The number of hydrogen-bond acceptors (Lipinski definition) is 5. The zero-order chi connectivity index (χ0) is 21.1. The number of carbonyl (C=O) groups is 1. The minimum Gasteiger partial charge on any atom is -0.497 e. The molecule has 1 aliphatic rings. The lowest BCUT2D eigenvalue weighted by atomic mass is 10.1. The van der Waals surface area contributed by atoms with Crippen molar-refractivity contribution in [2.45, 2.75) is 12.2 Å². The summed E-state index contributed by atoms with van der Waals surface area (Å²) in [5, 5.41) is 0. The Labute approximate surface area is 175 Å². The molecule has 154 valence electrons. The molecule has 0 bridgehead atoms. The van der Waals surface area contributed by atoms with Crippen LogP contribution in [0.2, 0.25) is 0 Å². The molecule has 0 aliphatic carbocycles. The van der Waals surface area contributed by atoms with E-state index in [-0.39, 0.29) is 11.7 Å². The minimum atomic E-state index is -3.62. The van der Waals surface area contributed by atoms with E-state index in [4.69, 9.17) is 4.74 Å². The van der Waals surface area contributed by atoms with Crippen molar-refractivity contribution in [3.05, 3.63) is 83.7 Å². The Hall–Kier alpha value is -3.39. The Morgan fingerprint density at radius 1 is 1.17 bits per heavy atom. The molecule has 0 radical (unpaired) electrons. The summed E-state index contributed by atoms with van der Waals surface area (Å²) in [5.41, 5.74) is 3.29. The van der Waals surface area contributed by atoms with Crippen LogP contribution in [0, 0.1) is 0 Å². The second-order valence-electron chi connectivity index (χ2n) is 7.00. The second-order valence-corrected chi connectivity index (χ2v) is 8.72. The van der Waals surface area contributed by atoms with Crippen molar-refractivity contribution in [2.75, 3.05) is 23.3 Å². The highest BCUT2D eigenvalue weighted by molar-refractivity contribution is 7.91. The standard InChI is InChI=1S/C22H21N3O4S/c1-29-20-8-4-16(5-9-20)15-30(27,28)24-19-7-6-17-10-12-25(21(17)13-19)22(26)18-3-2-11-23-14-18/h2-9,11,13-14,24H,10,12,15H2,1H3. The fraction of sp³-hybridized carbons (Fsp3) is 0.182. The Balaban J connectivity index is 1.53. The van der Waals surface area contributed by atoms with Crippen LogP contribution < -0.4 is 14.4 Å². The van der Waals surface area contributed by atoms with E-state index in [1.165, 1.54) is 6.20 Å². The van der Waals surface area contributed by atoms with Crippen LogP contribution >= 0.6 is 0 Å². The maximum Gasteiger partial charge on any atom is 0.259 e. The number of aromatic nitrogens is 1. The summed E-state index contributed by atoms with van der Waals surface area (Å²) >= 11 is 0. The van der Waals surface area contributed by atoms with Gasteiger partial charge in [-0.15, -0.1) is 0 Å². The summed E-state index contributed by atoms with van der Waals surface area (Å²) in [6.45, 7) is 0.547. The molecule has 2 heterocycles. The topological polar surface area (TPSA) is 88.6 Å². The number of ether oxygens (including phenoxy) is 1. The van der Waals surface area contributed by atoms with E-state index in [1.807, 2.05) is 6.07 Å². The van der Waals surface area contributed by atoms with Gasteiger partial charge in [-0.05, 0) is 53.9 Å². The maximum absolute atomic E-state index is 12.8. The zero-order valence-corrected chi connectivity index (χ0v) is 17.2. The minimum absolute atomic E-state index is 0.153. The number of methoxy groups -OCH3 is 1. The first-order chi connectivity index (χ1) is 14.4. The number of fused-ring (bicyclic) bond motifs is 1. The number of rotatable bonds is 6. The van der Waals surface area contributed by atoms with Crippen molar-refractivity contribution >= 4 is 27.3 Å². The van der Waals surface area contributed by atoms with Crippen LogP contribution in [-0.4, -0.2) is 33.0 Å². The summed E-state index contributed by atoms with van der Waals surface area (Å²) in [5.74, 6) is 0.355. The normalized spacial score (nSPS) is 13.0. The van der Waals surface area contributed by atoms with Crippen molar-refractivity contribution in [1.82, 2.24) is 4.98 Å². The van der Waals surface area contributed by atoms with Gasteiger partial charge in [0.25, 0.3) is 5.91 Å². The third-order valence-corrected chi connectivity index (χ3v) is 6.18. The zero-order valence-electron chi connectivity index (χ0n) is 16.4. The van der Waals surface area contributed by atoms with Gasteiger partial charge in [0, 0.05) is 24.6 Å². The monoisotopic (exact) mass is 423 g/mol. The Morgan fingerprint density at radius 3 is 2.67 bits per heavy atom. The molecule has 3 aromatic rings. The molecule has 0 saturated carbocycles. The number of pyridine rings is 1. The first kappa shape index (κ1) is 19.9. The lowest BCUT2D eigenvalue weighted by molar-refractivity contribution is 0.0989. The fourth-order valence-electron chi connectivity index (χ4n) is 3.46. The summed E-state index contributed by atoms with van der Waals surface area (Å²) in [6.07, 6.45) is 3.87. The quantitative estimate of drug-likeness (QED) is 0.658. The van der Waals surface area contributed by atoms with Gasteiger partial charge in [-0.1, -0.05) is 18.2 Å². The molecule has 0 atom stereocenters. The van der Waals surface area contributed by atoms with Gasteiger partial charge in [-0.2, -0.15) is 0 Å². The van der Waals surface area contributed by atoms with E-state index in [0.717, 1.165) is 12.0 Å². The van der Waals surface area contributed by atoms with Crippen molar-refractivity contribution in [2.24, 2.45) is 0 Å². The Morgan fingerprint density at radius 2 is 1.97 bits per heavy atom. The predicted octanol–water partition coefficient (Wildman–Crippen LogP) is 3.24. The highest BCUT2D eigenvalue weighted by Crippen LogP contribution is 2.32. The highest BCUT2D eigenvalue weighted by atomic mass is 32.2. The molecule has 0 unspecified atom stereocenters. The van der Waals surface area contributed by atoms with E-state index < -0.39 is 10.0 Å². The number of anilines is 2. The van der Waals surface area contributed by atoms with Crippen LogP contribution in [0.25, 0.3) is 0 Å². The van der Waals surface area contributed by atoms with Crippen molar-refractivity contribution in [3.63, 3.8) is 0 Å². The van der Waals surface area contributed by atoms with Crippen molar-refractivity contribution < 1.29 is 17.9 Å². The number of nitrogens with one attached hydrogen (secondary N) is 1. The van der Waals surface area contributed by atoms with Crippen LogP contribution in [0.5, 0.6) is 5.75 Å². The molecular weight excluding hydrogens is 402 g/mol. The third-order valence-electron chi connectivity index (χ3n) is 4.92. The van der Waals surface area contributed by atoms with Gasteiger partial charge >= 0.3 is 0 Å². The van der Waals surface area contributed by atoms with Gasteiger partial charge < -0.3 is 9.64 Å². The first-order valence-corrected chi connectivity index (χ1v) is 11.1. The molecular formula is C22H21N3O4S. The van der Waals surface area contributed by atoms with Crippen LogP contribution in [0.3, 0.4) is 0 Å². The lowest BCUT2D eigenvalue weighted by Gasteiger charge is -2.18.